The smallest absolute Gasteiger partial charge is 0.424 e. The van der Waals surface area contributed by atoms with E-state index in [-0.39, 0.29) is 21.8 Å². The van der Waals surface area contributed by atoms with Crippen LogP contribution >= 0.6 is 34.2 Å². The summed E-state index contributed by atoms with van der Waals surface area (Å²) in [4.78, 5) is 16.3. The first-order valence-corrected chi connectivity index (χ1v) is 11.0. The number of halogens is 6. The van der Waals surface area contributed by atoms with Crippen molar-refractivity contribution in [2.45, 2.75) is 48.6 Å². The van der Waals surface area contributed by atoms with Crippen molar-refractivity contribution >= 4 is 40.3 Å². The lowest BCUT2D eigenvalue weighted by Crippen LogP contribution is -2.49. The van der Waals surface area contributed by atoms with E-state index in [2.05, 4.69) is 10.3 Å². The van der Waals surface area contributed by atoms with E-state index in [4.69, 9.17) is 22.1 Å². The fourth-order valence-electron chi connectivity index (χ4n) is 2.75. The highest BCUT2D eigenvalue weighted by Gasteiger charge is 2.55. The van der Waals surface area contributed by atoms with Gasteiger partial charge in [-0.05, 0) is 86.2 Å². The third kappa shape index (κ3) is 6.46. The van der Waals surface area contributed by atoms with Gasteiger partial charge in [-0.3, -0.25) is 0 Å². The Morgan fingerprint density at radius 1 is 1.21 bits per heavy atom. The quantitative estimate of drug-likeness (QED) is 0.185. The SMILES string of the molecule is CC(C)(C)OC(=O)NC(C)(I)c1cc(-c2ccc(F)c(Cl)c2)nc(C(O)(CN)C(F)(F)F)c1. The summed E-state index contributed by atoms with van der Waals surface area (Å²) >= 11 is 7.64. The van der Waals surface area contributed by atoms with Crippen molar-refractivity contribution in [2.75, 3.05) is 6.54 Å². The second-order valence-corrected chi connectivity index (χ2v) is 11.0. The number of nitrogens with two attached hydrogens (primary N) is 1. The van der Waals surface area contributed by atoms with E-state index in [9.17, 15) is 27.5 Å². The van der Waals surface area contributed by atoms with Gasteiger partial charge < -0.3 is 20.9 Å². The number of rotatable bonds is 5. The summed E-state index contributed by atoms with van der Waals surface area (Å²) < 4.78 is 58.8. The maximum Gasteiger partial charge on any atom is 0.424 e. The number of amides is 1. The van der Waals surface area contributed by atoms with Gasteiger partial charge in [0.05, 0.1) is 16.4 Å². The number of hydrogen-bond acceptors (Lipinski definition) is 5. The van der Waals surface area contributed by atoms with Gasteiger partial charge in [-0.25, -0.2) is 14.2 Å². The molecule has 0 aliphatic heterocycles. The van der Waals surface area contributed by atoms with Crippen LogP contribution in [0.3, 0.4) is 0 Å². The van der Waals surface area contributed by atoms with Crippen LogP contribution in [0.4, 0.5) is 22.4 Å². The van der Waals surface area contributed by atoms with Gasteiger partial charge in [0, 0.05) is 12.1 Å². The first-order valence-electron chi connectivity index (χ1n) is 9.57. The minimum Gasteiger partial charge on any atom is -0.444 e. The van der Waals surface area contributed by atoms with Crippen molar-refractivity contribution in [3.05, 3.63) is 52.4 Å². The maximum atomic E-state index is 13.7. The Morgan fingerprint density at radius 3 is 2.30 bits per heavy atom. The molecule has 0 aliphatic rings. The topological polar surface area (TPSA) is 97.5 Å². The van der Waals surface area contributed by atoms with Crippen LogP contribution in [0.1, 0.15) is 39.0 Å². The standard InChI is InChI=1S/C21H23ClF4IN3O3/c1-18(2,3)33-17(31)30-19(4,27)12-8-15(11-5-6-14(23)13(22)7-11)29-16(9-12)20(32,10-28)21(24,25)26/h5-9,32H,10,28H2,1-4H3,(H,30,31). The highest BCUT2D eigenvalue weighted by atomic mass is 127. The zero-order valence-corrected chi connectivity index (χ0v) is 21.1. The Balaban J connectivity index is 2.69. The summed E-state index contributed by atoms with van der Waals surface area (Å²) in [6.07, 6.45) is -5.96. The number of alkyl halides is 4. The normalized spacial score (nSPS) is 16.0. The fraction of sp³-hybridized carbons (Fsp3) is 0.429. The monoisotopic (exact) mass is 603 g/mol. The minimum absolute atomic E-state index is 0.0468. The minimum atomic E-state index is -5.15. The van der Waals surface area contributed by atoms with Crippen LogP contribution in [0.25, 0.3) is 11.3 Å². The van der Waals surface area contributed by atoms with Gasteiger partial charge in [-0.2, -0.15) is 13.2 Å². The predicted octanol–water partition coefficient (Wildman–Crippen LogP) is 5.38. The molecule has 2 atom stereocenters. The number of benzene rings is 1. The molecule has 2 aromatic rings. The van der Waals surface area contributed by atoms with E-state index < -0.39 is 45.1 Å². The van der Waals surface area contributed by atoms with Crippen LogP contribution in [0.15, 0.2) is 30.3 Å². The highest BCUT2D eigenvalue weighted by molar-refractivity contribution is 14.1. The van der Waals surface area contributed by atoms with E-state index in [1.807, 2.05) is 22.6 Å². The number of nitrogens with zero attached hydrogens (tertiary/aromatic N) is 1. The molecular formula is C21H23ClF4IN3O3. The Bertz CT molecular complexity index is 1040. The predicted molar refractivity (Wildman–Crippen MR) is 124 cm³/mol. The molecule has 1 amide bonds. The molecule has 33 heavy (non-hydrogen) atoms. The van der Waals surface area contributed by atoms with Gasteiger partial charge in [0.25, 0.3) is 0 Å². The highest BCUT2D eigenvalue weighted by Crippen LogP contribution is 2.41. The zero-order valence-electron chi connectivity index (χ0n) is 18.1. The number of pyridine rings is 1. The number of hydrogen-bond donors (Lipinski definition) is 3. The Labute approximate surface area is 207 Å². The molecule has 0 fully saturated rings. The van der Waals surface area contributed by atoms with E-state index in [0.29, 0.717) is 0 Å². The Hall–Kier alpha value is -1.70. The molecule has 2 unspecified atom stereocenters. The van der Waals surface area contributed by atoms with Crippen molar-refractivity contribution in [3.8, 4) is 11.3 Å². The van der Waals surface area contributed by atoms with E-state index in [0.717, 1.165) is 12.1 Å². The zero-order chi connectivity index (χ0) is 25.4. The molecule has 6 nitrogen and oxygen atoms in total. The molecule has 12 heteroatoms. The van der Waals surface area contributed by atoms with Crippen molar-refractivity contribution in [1.82, 2.24) is 10.3 Å². The fourth-order valence-corrected chi connectivity index (χ4v) is 3.46. The van der Waals surface area contributed by atoms with Gasteiger partial charge >= 0.3 is 12.3 Å². The number of aromatic nitrogens is 1. The first kappa shape index (κ1) is 27.5. The number of carbonyl (C=O) groups excluding carboxylic acids is 1. The summed E-state index contributed by atoms with van der Waals surface area (Å²) in [7, 11) is 0. The summed E-state index contributed by atoms with van der Waals surface area (Å²) in [6.45, 7) is 5.29. The molecule has 1 aromatic heterocycles. The molecule has 1 aromatic carbocycles. The summed E-state index contributed by atoms with van der Waals surface area (Å²) in [5.41, 5.74) is 0.505. The average molecular weight is 604 g/mol. The molecule has 0 bridgehead atoms. The lowest BCUT2D eigenvalue weighted by atomic mass is 9.94. The van der Waals surface area contributed by atoms with Gasteiger partial charge in [0.15, 0.2) is 0 Å². The van der Waals surface area contributed by atoms with E-state index in [1.54, 1.807) is 20.8 Å². The van der Waals surface area contributed by atoms with Gasteiger partial charge in [0.2, 0.25) is 5.60 Å². The molecule has 0 saturated heterocycles. The molecular weight excluding hydrogens is 581 g/mol. The van der Waals surface area contributed by atoms with Crippen molar-refractivity contribution in [3.63, 3.8) is 0 Å². The van der Waals surface area contributed by atoms with Crippen LogP contribution in [0.5, 0.6) is 0 Å². The Kier molecular flexibility index (Phi) is 7.94. The molecule has 0 aliphatic carbocycles. The maximum absolute atomic E-state index is 13.7. The largest absolute Gasteiger partial charge is 0.444 e. The lowest BCUT2D eigenvalue weighted by molar-refractivity contribution is -0.263. The number of carbonyl (C=O) groups is 1. The summed E-state index contributed by atoms with van der Waals surface area (Å²) in [6, 6.07) is 5.89. The molecule has 2 rings (SSSR count). The van der Waals surface area contributed by atoms with Crippen LogP contribution in [0.2, 0.25) is 5.02 Å². The van der Waals surface area contributed by atoms with Gasteiger partial charge in [0.1, 0.15) is 15.0 Å². The van der Waals surface area contributed by atoms with Crippen LogP contribution < -0.4 is 11.1 Å². The molecule has 0 saturated carbocycles. The van der Waals surface area contributed by atoms with Crippen molar-refractivity contribution < 1.29 is 32.2 Å². The van der Waals surface area contributed by atoms with E-state index >= 15 is 0 Å². The molecule has 1 heterocycles. The van der Waals surface area contributed by atoms with Crippen molar-refractivity contribution in [2.24, 2.45) is 5.73 Å². The molecule has 182 valence electrons. The molecule has 0 spiro atoms. The number of aliphatic hydroxyl groups is 1. The van der Waals surface area contributed by atoms with Crippen LogP contribution in [0, 0.1) is 5.82 Å². The van der Waals surface area contributed by atoms with E-state index in [1.165, 1.54) is 25.1 Å². The Morgan fingerprint density at radius 2 is 1.82 bits per heavy atom. The first-order chi connectivity index (χ1) is 14.9. The number of alkyl carbamates (subject to hydrolysis) is 1. The summed E-state index contributed by atoms with van der Waals surface area (Å²) in [5.74, 6) is -0.726. The van der Waals surface area contributed by atoms with Gasteiger partial charge in [-0.15, -0.1) is 0 Å². The second-order valence-electron chi connectivity index (χ2n) is 8.45. The molecule has 4 N–H and O–H groups in total. The van der Waals surface area contributed by atoms with Crippen LogP contribution in [-0.2, 0) is 13.9 Å². The number of ether oxygens (including phenoxy) is 1. The molecule has 0 radical (unpaired) electrons. The van der Waals surface area contributed by atoms with Gasteiger partial charge in [-0.1, -0.05) is 11.6 Å². The lowest BCUT2D eigenvalue weighted by Gasteiger charge is -2.32. The van der Waals surface area contributed by atoms with Crippen LogP contribution in [-0.4, -0.2) is 34.5 Å². The second kappa shape index (κ2) is 9.51. The third-order valence-corrected chi connectivity index (χ3v) is 5.69. The third-order valence-electron chi connectivity index (χ3n) is 4.51. The average Bonchev–Trinajstić information content (AvgIpc) is 2.66. The summed E-state index contributed by atoms with van der Waals surface area (Å²) in [5, 5.41) is 12.7. The number of nitrogens with one attached hydrogen (secondary N) is 1. The van der Waals surface area contributed by atoms with Crippen molar-refractivity contribution in [1.29, 1.82) is 0 Å².